The maximum absolute atomic E-state index is 12.4. The van der Waals surface area contributed by atoms with Crippen molar-refractivity contribution in [1.29, 1.82) is 0 Å². The van der Waals surface area contributed by atoms with Gasteiger partial charge in [-0.1, -0.05) is 359 Å². The highest BCUT2D eigenvalue weighted by Crippen LogP contribution is 2.19. The van der Waals surface area contributed by atoms with E-state index in [2.05, 4.69) is 31.3 Å². The maximum atomic E-state index is 12.4. The quantitative estimate of drug-likeness (QED) is 0.0320. The van der Waals surface area contributed by atoms with Crippen LogP contribution in [0.5, 0.6) is 0 Å². The third-order valence-corrected chi connectivity index (χ3v) is 17.0. The topological polar surface area (TPSA) is 95.9 Å². The van der Waals surface area contributed by atoms with Gasteiger partial charge >= 0.3 is 5.97 Å². The van der Waals surface area contributed by atoms with Crippen LogP contribution in [-0.4, -0.2) is 47.4 Å². The molecule has 468 valence electrons. The largest absolute Gasteiger partial charge is 0.466 e. The molecule has 0 aromatic heterocycles. The Labute approximate surface area is 494 Å². The van der Waals surface area contributed by atoms with E-state index in [9.17, 15) is 19.8 Å². The summed E-state index contributed by atoms with van der Waals surface area (Å²) in [4.78, 5) is 24.5. The average molecular weight is 1110 g/mol. The number of esters is 1. The molecule has 0 aliphatic carbocycles. The van der Waals surface area contributed by atoms with Crippen LogP contribution in [0.3, 0.4) is 0 Å². The fraction of sp³-hybridized carbons (Fsp3) is 0.918. The van der Waals surface area contributed by atoms with Crippen molar-refractivity contribution in [1.82, 2.24) is 5.32 Å². The molecule has 0 saturated heterocycles. The highest BCUT2D eigenvalue weighted by Gasteiger charge is 2.18. The molecule has 0 heterocycles. The first-order valence-corrected chi connectivity index (χ1v) is 36.1. The number of carbonyl (C=O) groups is 2. The van der Waals surface area contributed by atoms with E-state index >= 15 is 0 Å². The lowest BCUT2D eigenvalue weighted by Crippen LogP contribution is -2.45. The van der Waals surface area contributed by atoms with Gasteiger partial charge in [-0.15, -0.1) is 0 Å². The van der Waals surface area contributed by atoms with Gasteiger partial charge in [-0.3, -0.25) is 9.59 Å². The average Bonchev–Trinajstić information content (AvgIpc) is 3.45. The molecule has 1 amide bonds. The summed E-state index contributed by atoms with van der Waals surface area (Å²) >= 11 is 0. The number of hydrogen-bond acceptors (Lipinski definition) is 5. The van der Waals surface area contributed by atoms with Gasteiger partial charge in [-0.05, 0) is 57.8 Å². The summed E-state index contributed by atoms with van der Waals surface area (Å²) in [5, 5.41) is 23.0. The van der Waals surface area contributed by atoms with E-state index < -0.39 is 12.1 Å². The normalized spacial score (nSPS) is 12.6. The van der Waals surface area contributed by atoms with Gasteiger partial charge < -0.3 is 20.3 Å². The number of allylic oxidation sites excluding steroid dienone is 3. The van der Waals surface area contributed by atoms with Crippen molar-refractivity contribution in [3.8, 4) is 0 Å². The number of rotatable bonds is 68. The summed E-state index contributed by atoms with van der Waals surface area (Å²) in [6.07, 6.45) is 87.3. The lowest BCUT2D eigenvalue weighted by Gasteiger charge is -2.20. The zero-order chi connectivity index (χ0) is 57.1. The molecule has 0 aliphatic heterocycles. The summed E-state index contributed by atoms with van der Waals surface area (Å²) in [6.45, 7) is 4.89. The van der Waals surface area contributed by atoms with Crippen LogP contribution in [-0.2, 0) is 14.3 Å². The Morgan fingerprint density at radius 1 is 0.342 bits per heavy atom. The highest BCUT2D eigenvalue weighted by molar-refractivity contribution is 5.76. The molecule has 2 unspecified atom stereocenters. The molecule has 0 fully saturated rings. The first kappa shape index (κ1) is 77.3. The second kappa shape index (κ2) is 68.8. The van der Waals surface area contributed by atoms with Gasteiger partial charge in [0.2, 0.25) is 5.91 Å². The Bertz CT molecular complexity index is 1230. The molecule has 0 aromatic carbocycles. The lowest BCUT2D eigenvalue weighted by molar-refractivity contribution is -0.143. The van der Waals surface area contributed by atoms with Gasteiger partial charge in [-0.2, -0.15) is 0 Å². The van der Waals surface area contributed by atoms with Crippen LogP contribution in [0, 0.1) is 0 Å². The molecule has 0 aromatic rings. The molecule has 0 rings (SSSR count). The van der Waals surface area contributed by atoms with E-state index in [-0.39, 0.29) is 18.5 Å². The number of hydrogen-bond donors (Lipinski definition) is 3. The number of aliphatic hydroxyl groups is 2. The summed E-state index contributed by atoms with van der Waals surface area (Å²) in [7, 11) is 0. The Kier molecular flexibility index (Phi) is 67.4. The van der Waals surface area contributed by atoms with Crippen molar-refractivity contribution in [3.05, 3.63) is 24.3 Å². The summed E-state index contributed by atoms with van der Waals surface area (Å²) in [5.74, 6) is -0.0472. The number of aliphatic hydroxyl groups excluding tert-OH is 2. The number of carbonyl (C=O) groups excluding carboxylic acids is 2. The standard InChI is InChI=1S/C73H141NO5/c1-3-5-7-9-11-13-14-15-44-47-51-55-59-63-67-73(78)79-68-64-60-56-52-48-45-42-40-38-36-34-32-30-28-26-24-22-20-18-16-17-19-21-23-25-27-29-31-33-35-37-39-41-43-46-50-54-58-62-66-72(77)74-70(69-75)71(76)65-61-57-53-49-12-10-8-6-4-2/h14-15,61,65,70-71,75-76H,3-13,16-60,62-64,66-69H2,1-2H3,(H,74,77)/b15-14-,65-61+. The second-order valence-electron chi connectivity index (χ2n) is 24.9. The smallest absolute Gasteiger partial charge is 0.305 e. The molecule has 0 radical (unpaired) electrons. The Balaban J connectivity index is 3.26. The van der Waals surface area contributed by atoms with Crippen LogP contribution in [0.2, 0.25) is 0 Å². The summed E-state index contributed by atoms with van der Waals surface area (Å²) < 4.78 is 5.49. The van der Waals surface area contributed by atoms with E-state index in [1.165, 1.54) is 334 Å². The molecule has 0 aliphatic rings. The Morgan fingerprint density at radius 3 is 0.899 bits per heavy atom. The van der Waals surface area contributed by atoms with E-state index in [1.54, 1.807) is 6.08 Å². The van der Waals surface area contributed by atoms with Gasteiger partial charge in [0.1, 0.15) is 0 Å². The SMILES string of the molecule is CCCCCCC/C=C\CCCCCCCC(=O)OCCCCCCCCCCCCCCCCCCCCCCCCCCCCCCCCCCCCCCCCCC(=O)NC(CO)C(O)/C=C/CCCCCCCCC. The summed E-state index contributed by atoms with van der Waals surface area (Å²) in [5.41, 5.74) is 0. The van der Waals surface area contributed by atoms with Gasteiger partial charge in [0.25, 0.3) is 0 Å². The van der Waals surface area contributed by atoms with Gasteiger partial charge in [0, 0.05) is 12.8 Å². The predicted molar refractivity (Wildman–Crippen MR) is 347 cm³/mol. The molecule has 2 atom stereocenters. The van der Waals surface area contributed by atoms with E-state index in [0.717, 1.165) is 44.9 Å². The van der Waals surface area contributed by atoms with Crippen LogP contribution in [0.15, 0.2) is 24.3 Å². The van der Waals surface area contributed by atoms with Crippen molar-refractivity contribution in [2.75, 3.05) is 13.2 Å². The molecule has 0 bridgehead atoms. The second-order valence-corrected chi connectivity index (χ2v) is 24.9. The predicted octanol–water partition coefficient (Wildman–Crippen LogP) is 23.3. The van der Waals surface area contributed by atoms with E-state index in [4.69, 9.17) is 4.74 Å². The molecular formula is C73H141NO5. The van der Waals surface area contributed by atoms with Gasteiger partial charge in [0.05, 0.1) is 25.4 Å². The maximum Gasteiger partial charge on any atom is 0.305 e. The zero-order valence-corrected chi connectivity index (χ0v) is 53.6. The first-order valence-electron chi connectivity index (χ1n) is 36.1. The molecule has 6 heteroatoms. The number of nitrogens with one attached hydrogen (secondary N) is 1. The third kappa shape index (κ3) is 65.4. The molecule has 0 spiro atoms. The Hall–Kier alpha value is -1.66. The van der Waals surface area contributed by atoms with E-state index in [1.807, 2.05) is 6.08 Å². The van der Waals surface area contributed by atoms with Crippen molar-refractivity contribution < 1.29 is 24.5 Å². The van der Waals surface area contributed by atoms with Crippen molar-refractivity contribution in [3.63, 3.8) is 0 Å². The monoisotopic (exact) mass is 1110 g/mol. The van der Waals surface area contributed by atoms with Crippen LogP contribution < -0.4 is 5.32 Å². The van der Waals surface area contributed by atoms with Crippen molar-refractivity contribution >= 4 is 11.9 Å². The molecular weight excluding hydrogens is 971 g/mol. The highest BCUT2D eigenvalue weighted by atomic mass is 16.5. The minimum Gasteiger partial charge on any atom is -0.466 e. The van der Waals surface area contributed by atoms with Gasteiger partial charge in [-0.25, -0.2) is 0 Å². The zero-order valence-electron chi connectivity index (χ0n) is 53.6. The lowest BCUT2D eigenvalue weighted by atomic mass is 10.0. The minimum absolute atomic E-state index is 0.0157. The fourth-order valence-corrected chi connectivity index (χ4v) is 11.5. The van der Waals surface area contributed by atoms with Crippen LogP contribution in [0.25, 0.3) is 0 Å². The van der Waals surface area contributed by atoms with E-state index in [0.29, 0.717) is 19.4 Å². The molecule has 79 heavy (non-hydrogen) atoms. The molecule has 3 N–H and O–H groups in total. The Morgan fingerprint density at radius 2 is 0.595 bits per heavy atom. The number of unbranched alkanes of at least 4 members (excludes halogenated alkanes) is 55. The van der Waals surface area contributed by atoms with Crippen LogP contribution in [0.1, 0.15) is 406 Å². The fourth-order valence-electron chi connectivity index (χ4n) is 11.5. The third-order valence-electron chi connectivity index (χ3n) is 17.0. The molecule has 6 nitrogen and oxygen atoms in total. The van der Waals surface area contributed by atoms with Gasteiger partial charge in [0.15, 0.2) is 0 Å². The van der Waals surface area contributed by atoms with Crippen LogP contribution in [0.4, 0.5) is 0 Å². The minimum atomic E-state index is -0.837. The number of amides is 1. The van der Waals surface area contributed by atoms with Crippen LogP contribution >= 0.6 is 0 Å². The van der Waals surface area contributed by atoms with Crippen molar-refractivity contribution in [2.24, 2.45) is 0 Å². The number of ether oxygens (including phenoxy) is 1. The summed E-state index contributed by atoms with van der Waals surface area (Å²) in [6, 6.07) is -0.620. The molecule has 0 saturated carbocycles. The first-order chi connectivity index (χ1) is 39.0. The van der Waals surface area contributed by atoms with Crippen molar-refractivity contribution in [2.45, 2.75) is 418 Å².